The molecule has 0 radical (unpaired) electrons. The van der Waals surface area contributed by atoms with Gasteiger partial charge in [-0.25, -0.2) is 0 Å². The Morgan fingerprint density at radius 2 is 1.94 bits per heavy atom. The number of hydrogen-bond acceptors (Lipinski definition) is 3. The van der Waals surface area contributed by atoms with Gasteiger partial charge in [-0.2, -0.15) is 18.4 Å². The van der Waals surface area contributed by atoms with Crippen LogP contribution in [0.25, 0.3) is 10.9 Å². The molecule has 2 aliphatic rings. The van der Waals surface area contributed by atoms with Gasteiger partial charge in [0, 0.05) is 30.7 Å². The molecule has 2 unspecified atom stereocenters. The zero-order valence-electron chi connectivity index (χ0n) is 20.7. The number of likely N-dealkylation sites (N-methyl/N-ethyl adjacent to an activating group) is 1. The van der Waals surface area contributed by atoms with E-state index < -0.39 is 12.1 Å². The molecule has 1 fully saturated rings. The third-order valence-corrected chi connectivity index (χ3v) is 7.54. The highest BCUT2D eigenvalue weighted by Crippen LogP contribution is 2.42. The molecule has 1 aliphatic carbocycles. The zero-order valence-corrected chi connectivity index (χ0v) is 20.7. The van der Waals surface area contributed by atoms with E-state index in [1.807, 2.05) is 37.5 Å². The molecule has 0 amide bonds. The molecular weight excluding hydrogens is 451 g/mol. The first-order valence-electron chi connectivity index (χ1n) is 12.5. The van der Waals surface area contributed by atoms with Crippen molar-refractivity contribution < 1.29 is 17.9 Å². The summed E-state index contributed by atoms with van der Waals surface area (Å²) in [4.78, 5) is 2.09. The first-order valence-corrected chi connectivity index (χ1v) is 12.5. The fraction of sp³-hybridized carbons (Fsp3) is 0.536. The smallest absolute Gasteiger partial charge is 0.391 e. The predicted molar refractivity (Wildman–Crippen MR) is 132 cm³/mol. The van der Waals surface area contributed by atoms with Crippen molar-refractivity contribution >= 4 is 10.9 Å². The molecule has 2 heterocycles. The Hall–Kier alpha value is -2.88. The average Bonchev–Trinajstić information content (AvgIpc) is 3.17. The lowest BCUT2D eigenvalue weighted by Crippen LogP contribution is -2.26. The van der Waals surface area contributed by atoms with Crippen LogP contribution < -0.4 is 4.74 Å². The molecule has 1 aromatic heterocycles. The standard InChI is InChI=1S/C28H34F3N3O/c1-19(28(29,30)31)8-7-9-20-12-15-25(33(2)18-20)27-24(17-32)23-14-13-22(35-3)16-26(23)34(27)21-10-5-4-6-11-21/h12-16,18-19,21,25H,4-11H2,1-3H3. The molecule has 0 N–H and O–H groups in total. The Labute approximate surface area is 205 Å². The monoisotopic (exact) mass is 485 g/mol. The van der Waals surface area contributed by atoms with Crippen molar-refractivity contribution in [2.45, 2.75) is 76.6 Å². The predicted octanol–water partition coefficient (Wildman–Crippen LogP) is 7.82. The highest BCUT2D eigenvalue weighted by atomic mass is 19.4. The Morgan fingerprint density at radius 1 is 1.20 bits per heavy atom. The fourth-order valence-electron chi connectivity index (χ4n) is 5.52. The van der Waals surface area contributed by atoms with Gasteiger partial charge in [-0.3, -0.25) is 0 Å². The number of ether oxygens (including phenoxy) is 1. The molecule has 0 spiro atoms. The average molecular weight is 486 g/mol. The van der Waals surface area contributed by atoms with Crippen LogP contribution in [0.3, 0.4) is 0 Å². The number of alkyl halides is 3. The first kappa shape index (κ1) is 25.2. The number of fused-ring (bicyclic) bond motifs is 1. The number of halogens is 3. The first-order chi connectivity index (χ1) is 16.7. The van der Waals surface area contributed by atoms with Gasteiger partial charge in [-0.1, -0.05) is 38.3 Å². The number of allylic oxidation sites excluding steroid dienone is 2. The molecular formula is C28H34F3N3O. The third-order valence-electron chi connectivity index (χ3n) is 7.54. The number of hydrogen-bond donors (Lipinski definition) is 0. The number of benzene rings is 1. The lowest BCUT2D eigenvalue weighted by Gasteiger charge is -2.33. The van der Waals surface area contributed by atoms with Gasteiger partial charge >= 0.3 is 6.18 Å². The minimum atomic E-state index is -4.14. The van der Waals surface area contributed by atoms with Gasteiger partial charge in [0.1, 0.15) is 11.8 Å². The van der Waals surface area contributed by atoms with E-state index >= 15 is 0 Å². The summed E-state index contributed by atoms with van der Waals surface area (Å²) < 4.78 is 46.4. The maximum atomic E-state index is 12.8. The summed E-state index contributed by atoms with van der Waals surface area (Å²) in [5, 5.41) is 11.1. The van der Waals surface area contributed by atoms with E-state index in [9.17, 15) is 18.4 Å². The van der Waals surface area contributed by atoms with Crippen LogP contribution in [-0.4, -0.2) is 29.8 Å². The molecule has 35 heavy (non-hydrogen) atoms. The fourth-order valence-corrected chi connectivity index (χ4v) is 5.52. The van der Waals surface area contributed by atoms with E-state index in [1.165, 1.54) is 26.2 Å². The second-order valence-electron chi connectivity index (χ2n) is 9.93. The molecule has 2 aromatic rings. The van der Waals surface area contributed by atoms with Gasteiger partial charge in [-0.15, -0.1) is 0 Å². The number of aromatic nitrogens is 1. The topological polar surface area (TPSA) is 41.2 Å². The van der Waals surface area contributed by atoms with E-state index in [1.54, 1.807) is 7.11 Å². The quantitative estimate of drug-likeness (QED) is 0.401. The van der Waals surface area contributed by atoms with Crippen LogP contribution in [0, 0.1) is 17.2 Å². The van der Waals surface area contributed by atoms with Crippen molar-refractivity contribution in [2.75, 3.05) is 14.2 Å². The number of nitrogens with zero attached hydrogens (tertiary/aromatic N) is 3. The van der Waals surface area contributed by atoms with Crippen molar-refractivity contribution in [3.8, 4) is 11.8 Å². The SMILES string of the molecule is COc1ccc2c(C#N)c(C3C=CC(CCCC(C)C(F)(F)F)=CN3C)n(C3CCCCC3)c2c1. The summed E-state index contributed by atoms with van der Waals surface area (Å²) >= 11 is 0. The van der Waals surface area contributed by atoms with Crippen molar-refractivity contribution in [1.29, 1.82) is 5.26 Å². The minimum absolute atomic E-state index is 0.122. The van der Waals surface area contributed by atoms with E-state index in [0.29, 0.717) is 24.4 Å². The normalized spacial score (nSPS) is 20.1. The van der Waals surface area contributed by atoms with Crippen LogP contribution in [0.1, 0.15) is 81.6 Å². The Morgan fingerprint density at radius 3 is 2.57 bits per heavy atom. The second kappa shape index (κ2) is 10.4. The van der Waals surface area contributed by atoms with E-state index in [-0.39, 0.29) is 12.5 Å². The van der Waals surface area contributed by atoms with Gasteiger partial charge in [0.15, 0.2) is 0 Å². The Kier molecular flexibility index (Phi) is 7.49. The van der Waals surface area contributed by atoms with Crippen molar-refractivity contribution in [2.24, 2.45) is 5.92 Å². The van der Waals surface area contributed by atoms with Crippen LogP contribution in [0.5, 0.6) is 5.75 Å². The van der Waals surface area contributed by atoms with Gasteiger partial charge in [0.25, 0.3) is 0 Å². The molecule has 0 bridgehead atoms. The van der Waals surface area contributed by atoms with Crippen LogP contribution in [-0.2, 0) is 0 Å². The number of rotatable bonds is 7. The van der Waals surface area contributed by atoms with E-state index in [4.69, 9.17) is 4.74 Å². The van der Waals surface area contributed by atoms with Gasteiger partial charge < -0.3 is 14.2 Å². The van der Waals surface area contributed by atoms with Gasteiger partial charge in [0.2, 0.25) is 0 Å². The minimum Gasteiger partial charge on any atom is -0.497 e. The number of nitriles is 1. The highest BCUT2D eigenvalue weighted by Gasteiger charge is 2.35. The van der Waals surface area contributed by atoms with E-state index in [0.717, 1.165) is 40.8 Å². The third kappa shape index (κ3) is 5.22. The summed E-state index contributed by atoms with van der Waals surface area (Å²) in [6.45, 7) is 1.25. The van der Waals surface area contributed by atoms with Crippen LogP contribution in [0.15, 0.2) is 42.1 Å². The largest absolute Gasteiger partial charge is 0.497 e. The van der Waals surface area contributed by atoms with Crippen molar-refractivity contribution in [3.63, 3.8) is 0 Å². The Bertz CT molecular complexity index is 1150. The summed E-state index contributed by atoms with van der Waals surface area (Å²) in [6.07, 6.45) is 8.95. The van der Waals surface area contributed by atoms with Gasteiger partial charge in [-0.05, 0) is 49.8 Å². The van der Waals surface area contributed by atoms with Crippen molar-refractivity contribution in [3.05, 3.63) is 53.4 Å². The zero-order chi connectivity index (χ0) is 25.2. The lowest BCUT2D eigenvalue weighted by atomic mass is 9.94. The molecule has 4 nitrogen and oxygen atoms in total. The molecule has 0 saturated heterocycles. The van der Waals surface area contributed by atoms with Gasteiger partial charge in [0.05, 0.1) is 35.8 Å². The summed E-state index contributed by atoms with van der Waals surface area (Å²) in [6, 6.07) is 8.59. The maximum Gasteiger partial charge on any atom is 0.391 e. The summed E-state index contributed by atoms with van der Waals surface area (Å²) in [7, 11) is 3.64. The summed E-state index contributed by atoms with van der Waals surface area (Å²) in [5.41, 5.74) is 3.71. The lowest BCUT2D eigenvalue weighted by molar-refractivity contribution is -0.171. The van der Waals surface area contributed by atoms with Crippen LogP contribution >= 0.6 is 0 Å². The molecule has 2 atom stereocenters. The Balaban J connectivity index is 1.65. The molecule has 1 saturated carbocycles. The molecule has 1 aromatic carbocycles. The highest BCUT2D eigenvalue weighted by molar-refractivity contribution is 5.89. The maximum absolute atomic E-state index is 12.8. The molecule has 4 rings (SSSR count). The number of methoxy groups -OCH3 is 1. The second-order valence-corrected chi connectivity index (χ2v) is 9.93. The van der Waals surface area contributed by atoms with Crippen molar-refractivity contribution in [1.82, 2.24) is 9.47 Å². The summed E-state index contributed by atoms with van der Waals surface area (Å²) in [5.74, 6) is -0.520. The van der Waals surface area contributed by atoms with Crippen LogP contribution in [0.4, 0.5) is 13.2 Å². The van der Waals surface area contributed by atoms with E-state index in [2.05, 4.69) is 21.6 Å². The molecule has 188 valence electrons. The molecule has 7 heteroatoms. The van der Waals surface area contributed by atoms with Crippen LogP contribution in [0.2, 0.25) is 0 Å². The molecule has 1 aliphatic heterocycles.